The minimum Gasteiger partial charge on any atom is -0.344 e. The summed E-state index contributed by atoms with van der Waals surface area (Å²) in [6.07, 6.45) is 0. The maximum absolute atomic E-state index is 3.59. The van der Waals surface area contributed by atoms with Gasteiger partial charge in [0.1, 0.15) is 0 Å². The van der Waals surface area contributed by atoms with Gasteiger partial charge in [-0.05, 0) is 82.6 Å². The standard InChI is InChI=1S/C39H27NS2/c1-40-36-22-18-30(32(38-14-8-24-41-38)20-16-28-10-4-2-5-11-28)26-34(36)35-27-31(19-23-37(35)40)33(39-15-9-25-42-39)21-17-29-12-6-3-7-13-29/h2-15,18-19,22-27,32-33H,1H3. The number of nitrogens with zero attached hydrogens (tertiary/aromatic N) is 1. The van der Waals surface area contributed by atoms with Crippen molar-refractivity contribution in [2.45, 2.75) is 11.8 Å². The highest BCUT2D eigenvalue weighted by atomic mass is 32.1. The van der Waals surface area contributed by atoms with Crippen molar-refractivity contribution in [2.24, 2.45) is 7.05 Å². The summed E-state index contributed by atoms with van der Waals surface area (Å²) in [6.45, 7) is 0. The Morgan fingerprint density at radius 3 is 1.38 bits per heavy atom. The number of aryl methyl sites for hydroxylation is 1. The first-order valence-electron chi connectivity index (χ1n) is 14.0. The highest BCUT2D eigenvalue weighted by Crippen LogP contribution is 2.37. The second-order valence-electron chi connectivity index (χ2n) is 10.3. The fourth-order valence-corrected chi connectivity index (χ4v) is 7.12. The van der Waals surface area contributed by atoms with Crippen LogP contribution in [0, 0.1) is 23.7 Å². The van der Waals surface area contributed by atoms with Crippen LogP contribution in [0.2, 0.25) is 0 Å². The van der Waals surface area contributed by atoms with E-state index in [0.717, 1.165) is 11.1 Å². The van der Waals surface area contributed by atoms with Gasteiger partial charge in [0.25, 0.3) is 0 Å². The van der Waals surface area contributed by atoms with E-state index in [2.05, 4.69) is 131 Å². The molecule has 7 aromatic rings. The van der Waals surface area contributed by atoms with Gasteiger partial charge in [0.2, 0.25) is 0 Å². The van der Waals surface area contributed by atoms with E-state index in [1.807, 2.05) is 36.4 Å². The number of hydrogen-bond acceptors (Lipinski definition) is 2. The number of fused-ring (bicyclic) bond motifs is 3. The number of benzene rings is 4. The van der Waals surface area contributed by atoms with Crippen molar-refractivity contribution >= 4 is 44.5 Å². The normalized spacial score (nSPS) is 12.3. The van der Waals surface area contributed by atoms with Gasteiger partial charge in [-0.3, -0.25) is 0 Å². The predicted molar refractivity (Wildman–Crippen MR) is 179 cm³/mol. The van der Waals surface area contributed by atoms with E-state index in [1.165, 1.54) is 42.7 Å². The molecule has 0 bridgehead atoms. The smallest absolute Gasteiger partial charge is 0.0799 e. The molecule has 3 heterocycles. The van der Waals surface area contributed by atoms with Crippen LogP contribution in [0.3, 0.4) is 0 Å². The molecule has 0 amide bonds. The Kier molecular flexibility index (Phi) is 7.21. The lowest BCUT2D eigenvalue weighted by Crippen LogP contribution is -1.97. The van der Waals surface area contributed by atoms with E-state index in [9.17, 15) is 0 Å². The Morgan fingerprint density at radius 1 is 0.524 bits per heavy atom. The predicted octanol–water partition coefficient (Wildman–Crippen LogP) is 9.82. The summed E-state index contributed by atoms with van der Waals surface area (Å²) in [4.78, 5) is 2.51. The summed E-state index contributed by atoms with van der Waals surface area (Å²) in [5.41, 5.74) is 6.93. The molecule has 1 nitrogen and oxygen atoms in total. The molecule has 3 aromatic heterocycles. The molecule has 0 saturated heterocycles. The lowest BCUT2D eigenvalue weighted by Gasteiger charge is -2.11. The zero-order chi connectivity index (χ0) is 28.3. The maximum atomic E-state index is 3.59. The Balaban J connectivity index is 1.36. The molecular formula is C39H27NS2. The second kappa shape index (κ2) is 11.6. The second-order valence-corrected chi connectivity index (χ2v) is 12.2. The van der Waals surface area contributed by atoms with Crippen LogP contribution in [0.15, 0.2) is 132 Å². The maximum Gasteiger partial charge on any atom is 0.0799 e. The summed E-state index contributed by atoms with van der Waals surface area (Å²) in [5.74, 6) is 14.0. The van der Waals surface area contributed by atoms with Crippen LogP contribution in [-0.4, -0.2) is 4.57 Å². The molecule has 0 spiro atoms. The van der Waals surface area contributed by atoms with Crippen LogP contribution in [0.4, 0.5) is 0 Å². The van der Waals surface area contributed by atoms with Gasteiger partial charge >= 0.3 is 0 Å². The average molecular weight is 574 g/mol. The van der Waals surface area contributed by atoms with Gasteiger partial charge in [0.15, 0.2) is 0 Å². The molecule has 0 radical (unpaired) electrons. The first-order chi connectivity index (χ1) is 20.7. The van der Waals surface area contributed by atoms with Crippen molar-refractivity contribution in [1.29, 1.82) is 0 Å². The van der Waals surface area contributed by atoms with Crippen LogP contribution < -0.4 is 0 Å². The molecule has 3 heteroatoms. The van der Waals surface area contributed by atoms with Gasteiger partial charge in [-0.1, -0.05) is 84.3 Å². The Bertz CT molecular complexity index is 1940. The Labute approximate surface area is 254 Å². The number of hydrogen-bond donors (Lipinski definition) is 0. The van der Waals surface area contributed by atoms with Gasteiger partial charge in [-0.15, -0.1) is 22.7 Å². The minimum absolute atomic E-state index is 0.00338. The zero-order valence-electron chi connectivity index (χ0n) is 23.1. The average Bonchev–Trinajstić information content (AvgIpc) is 3.82. The van der Waals surface area contributed by atoms with Crippen molar-refractivity contribution in [3.8, 4) is 23.7 Å². The highest BCUT2D eigenvalue weighted by molar-refractivity contribution is 7.10. The molecule has 0 fully saturated rings. The highest BCUT2D eigenvalue weighted by Gasteiger charge is 2.18. The molecule has 0 aliphatic heterocycles. The summed E-state index contributed by atoms with van der Waals surface area (Å²) >= 11 is 3.52. The van der Waals surface area contributed by atoms with Crippen LogP contribution >= 0.6 is 22.7 Å². The molecule has 0 N–H and O–H groups in total. The number of thiophene rings is 2. The molecule has 2 atom stereocenters. The van der Waals surface area contributed by atoms with Crippen molar-refractivity contribution in [1.82, 2.24) is 4.57 Å². The van der Waals surface area contributed by atoms with E-state index in [0.29, 0.717) is 0 Å². The van der Waals surface area contributed by atoms with Gasteiger partial charge in [-0.2, -0.15) is 0 Å². The first-order valence-corrected chi connectivity index (χ1v) is 15.7. The quantitative estimate of drug-likeness (QED) is 0.185. The zero-order valence-corrected chi connectivity index (χ0v) is 24.8. The van der Waals surface area contributed by atoms with E-state index < -0.39 is 0 Å². The molecule has 200 valence electrons. The molecular weight excluding hydrogens is 547 g/mol. The first kappa shape index (κ1) is 26.1. The van der Waals surface area contributed by atoms with E-state index in [1.54, 1.807) is 22.7 Å². The fraction of sp³-hybridized carbons (Fsp3) is 0.0769. The van der Waals surface area contributed by atoms with Gasteiger partial charge < -0.3 is 4.57 Å². The van der Waals surface area contributed by atoms with Crippen LogP contribution in [0.5, 0.6) is 0 Å². The molecule has 0 aliphatic rings. The molecule has 0 saturated carbocycles. The third kappa shape index (κ3) is 5.17. The van der Waals surface area contributed by atoms with Crippen molar-refractivity contribution < 1.29 is 0 Å². The third-order valence-corrected chi connectivity index (χ3v) is 9.52. The van der Waals surface area contributed by atoms with Crippen molar-refractivity contribution in [3.05, 3.63) is 164 Å². The van der Waals surface area contributed by atoms with Crippen LogP contribution in [-0.2, 0) is 7.05 Å². The third-order valence-electron chi connectivity index (χ3n) is 7.65. The number of aromatic nitrogens is 1. The Hall–Kier alpha value is -4.80. The van der Waals surface area contributed by atoms with Crippen molar-refractivity contribution in [2.75, 3.05) is 0 Å². The summed E-state index contributed by atoms with van der Waals surface area (Å²) in [5, 5.41) is 6.76. The monoisotopic (exact) mass is 573 g/mol. The molecule has 7 rings (SSSR count). The van der Waals surface area contributed by atoms with Crippen LogP contribution in [0.1, 0.15) is 43.8 Å². The largest absolute Gasteiger partial charge is 0.344 e. The summed E-state index contributed by atoms with van der Waals surface area (Å²) in [6, 6.07) is 42.8. The van der Waals surface area contributed by atoms with E-state index in [4.69, 9.17) is 0 Å². The molecule has 2 unspecified atom stereocenters. The molecule has 0 aliphatic carbocycles. The number of rotatable bonds is 4. The topological polar surface area (TPSA) is 4.93 Å². The van der Waals surface area contributed by atoms with E-state index >= 15 is 0 Å². The molecule has 42 heavy (non-hydrogen) atoms. The van der Waals surface area contributed by atoms with Gasteiger partial charge in [0.05, 0.1) is 11.8 Å². The van der Waals surface area contributed by atoms with Crippen LogP contribution in [0.25, 0.3) is 21.8 Å². The minimum atomic E-state index is 0.00338. The molecule has 4 aromatic carbocycles. The lowest BCUT2D eigenvalue weighted by atomic mass is 9.93. The Morgan fingerprint density at radius 2 is 0.976 bits per heavy atom. The lowest BCUT2D eigenvalue weighted by molar-refractivity contribution is 1.01. The van der Waals surface area contributed by atoms with Crippen molar-refractivity contribution in [3.63, 3.8) is 0 Å². The van der Waals surface area contributed by atoms with Gasteiger partial charge in [-0.25, -0.2) is 0 Å². The summed E-state index contributed by atoms with van der Waals surface area (Å²) < 4.78 is 2.30. The van der Waals surface area contributed by atoms with Gasteiger partial charge in [0, 0.05) is 49.7 Å². The summed E-state index contributed by atoms with van der Waals surface area (Å²) in [7, 11) is 2.15. The SMILES string of the molecule is Cn1c2ccc(C(C#Cc3ccccc3)c3cccs3)cc2c2cc(C(C#Cc3ccccc3)c3cccs3)ccc21. The fourth-order valence-electron chi connectivity index (χ4n) is 5.52. The van der Waals surface area contributed by atoms with E-state index in [-0.39, 0.29) is 11.8 Å².